The van der Waals surface area contributed by atoms with Crippen LogP contribution in [0.4, 0.5) is 43.9 Å². The molecule has 0 amide bonds. The molecule has 196 valence electrons. The molecule has 1 aromatic carbocycles. The number of ether oxygens (including phenoxy) is 2. The molecule has 19 heteroatoms. The summed E-state index contributed by atoms with van der Waals surface area (Å²) in [5.41, 5.74) is -0.0904. The predicted molar refractivity (Wildman–Crippen MR) is 91.2 cm³/mol. The molecule has 1 aliphatic rings. The lowest BCUT2D eigenvalue weighted by atomic mass is 10.0. The summed E-state index contributed by atoms with van der Waals surface area (Å²) in [6, 6.07) is 6.41. The van der Waals surface area contributed by atoms with E-state index in [1.807, 2.05) is 0 Å². The van der Waals surface area contributed by atoms with E-state index < -0.39 is 65.4 Å². The van der Waals surface area contributed by atoms with E-state index in [4.69, 9.17) is 9.47 Å². The Kier molecular flexibility index (Phi) is 7.35. The van der Waals surface area contributed by atoms with Crippen LogP contribution in [0.15, 0.2) is 30.3 Å². The number of sulfonamides is 2. The summed E-state index contributed by atoms with van der Waals surface area (Å²) in [5.74, 6) is -2.26. The van der Waals surface area contributed by atoms with E-state index in [9.17, 15) is 60.7 Å². The van der Waals surface area contributed by atoms with Crippen molar-refractivity contribution in [1.29, 1.82) is 0 Å². The van der Waals surface area contributed by atoms with Crippen molar-refractivity contribution in [2.24, 2.45) is 0 Å². The molecule has 1 aliphatic heterocycles. The summed E-state index contributed by atoms with van der Waals surface area (Å²) in [6.45, 7) is -2.88. The monoisotopic (exact) mass is 557 g/mol. The van der Waals surface area contributed by atoms with Gasteiger partial charge in [0.05, 0.1) is 13.2 Å². The molecule has 0 unspecified atom stereocenters. The van der Waals surface area contributed by atoms with Crippen molar-refractivity contribution in [2.75, 3.05) is 19.8 Å². The molecule has 0 aromatic heterocycles. The van der Waals surface area contributed by atoms with Gasteiger partial charge in [0.15, 0.2) is 5.79 Å². The number of nitrogens with zero attached hydrogens (tertiary/aromatic N) is 1. The third kappa shape index (κ3) is 4.59. The number of rotatable bonds is 8. The van der Waals surface area contributed by atoms with Crippen LogP contribution < -0.4 is 0 Å². The van der Waals surface area contributed by atoms with Crippen molar-refractivity contribution in [1.82, 2.24) is 3.71 Å². The van der Waals surface area contributed by atoms with Gasteiger partial charge in [-0.25, -0.2) is 16.8 Å². The number of hydrogen-bond acceptors (Lipinski definition) is 6. The fourth-order valence-corrected chi connectivity index (χ4v) is 6.11. The maximum Gasteiger partial charge on any atom is 0.471 e. The average molecular weight is 557 g/mol. The van der Waals surface area contributed by atoms with E-state index in [1.54, 1.807) is 0 Å². The average Bonchev–Trinajstić information content (AvgIpc) is 3.16. The quantitative estimate of drug-likeness (QED) is 0.455. The molecule has 0 atom stereocenters. The molecule has 0 aliphatic carbocycles. The van der Waals surface area contributed by atoms with Gasteiger partial charge in [-0.05, 0) is 0 Å². The number of hydrogen-bond donors (Lipinski definition) is 0. The topological polar surface area (TPSA) is 90.0 Å². The molecule has 2 rings (SSSR count). The Morgan fingerprint density at radius 1 is 0.735 bits per heavy atom. The molecule has 1 fully saturated rings. The van der Waals surface area contributed by atoms with Gasteiger partial charge in [-0.2, -0.15) is 43.9 Å². The highest BCUT2D eigenvalue weighted by Gasteiger charge is 2.76. The van der Waals surface area contributed by atoms with Gasteiger partial charge in [0.2, 0.25) is 0 Å². The molecule has 0 spiro atoms. The summed E-state index contributed by atoms with van der Waals surface area (Å²) < 4.78 is 187. The minimum absolute atomic E-state index is 0.0904. The summed E-state index contributed by atoms with van der Waals surface area (Å²) in [5, 5.41) is -14.1. The van der Waals surface area contributed by atoms with Gasteiger partial charge in [-0.1, -0.05) is 34.0 Å². The Labute approximate surface area is 185 Å². The van der Waals surface area contributed by atoms with E-state index >= 15 is 0 Å². The first kappa shape index (κ1) is 28.5. The number of benzene rings is 1. The fraction of sp³-hybridized carbons (Fsp3) is 0.600. The molecular formula is C15H13F10NO6S2. The molecule has 0 saturated carbocycles. The van der Waals surface area contributed by atoms with E-state index in [0.717, 1.165) is 0 Å². The normalized spacial score (nSPS) is 18.4. The van der Waals surface area contributed by atoms with E-state index in [2.05, 4.69) is 0 Å². The lowest BCUT2D eigenvalue weighted by Gasteiger charge is -2.33. The molecule has 34 heavy (non-hydrogen) atoms. The Bertz CT molecular complexity index is 1020. The van der Waals surface area contributed by atoms with Gasteiger partial charge in [-0.15, -0.1) is 0 Å². The maximum absolute atomic E-state index is 13.7. The maximum atomic E-state index is 13.7. The Morgan fingerprint density at radius 3 is 1.47 bits per heavy atom. The van der Waals surface area contributed by atoms with Gasteiger partial charge in [-0.3, -0.25) is 0 Å². The van der Waals surface area contributed by atoms with Gasteiger partial charge >= 0.3 is 42.9 Å². The van der Waals surface area contributed by atoms with Crippen LogP contribution in [0.1, 0.15) is 12.0 Å². The van der Waals surface area contributed by atoms with Crippen molar-refractivity contribution in [2.45, 2.75) is 35.1 Å². The van der Waals surface area contributed by atoms with Crippen LogP contribution in [-0.4, -0.2) is 63.2 Å². The van der Waals surface area contributed by atoms with Crippen molar-refractivity contribution >= 4 is 20.0 Å². The van der Waals surface area contributed by atoms with E-state index in [-0.39, 0.29) is 18.8 Å². The minimum Gasteiger partial charge on any atom is -0.343 e. The zero-order chi connectivity index (χ0) is 26.4. The predicted octanol–water partition coefficient (Wildman–Crippen LogP) is 3.55. The van der Waals surface area contributed by atoms with Crippen molar-refractivity contribution < 1.29 is 70.2 Å². The second-order valence-corrected chi connectivity index (χ2v) is 10.6. The zero-order valence-electron chi connectivity index (χ0n) is 16.2. The first-order valence-corrected chi connectivity index (χ1v) is 11.5. The van der Waals surface area contributed by atoms with Crippen LogP contribution in [0, 0.1) is 0 Å². The lowest BCUT2D eigenvalue weighted by Crippen LogP contribution is -2.59. The third-order valence-electron chi connectivity index (χ3n) is 4.44. The van der Waals surface area contributed by atoms with Crippen LogP contribution in [0.25, 0.3) is 0 Å². The Hall–Kier alpha value is -1.70. The molecular weight excluding hydrogens is 544 g/mol. The van der Waals surface area contributed by atoms with E-state index in [0.29, 0.717) is 0 Å². The van der Waals surface area contributed by atoms with E-state index in [1.165, 1.54) is 30.3 Å². The first-order valence-electron chi connectivity index (χ1n) is 8.65. The minimum atomic E-state index is -7.76. The summed E-state index contributed by atoms with van der Waals surface area (Å²) in [7, 11) is -15.5. The van der Waals surface area contributed by atoms with Gasteiger partial charge < -0.3 is 9.47 Å². The third-order valence-corrected chi connectivity index (χ3v) is 8.81. The summed E-state index contributed by atoms with van der Waals surface area (Å²) in [4.78, 5) is 0. The summed E-state index contributed by atoms with van der Waals surface area (Å²) in [6.07, 6.45) is -15.5. The molecule has 0 N–H and O–H groups in total. The molecule has 1 saturated heterocycles. The highest BCUT2D eigenvalue weighted by atomic mass is 32.3. The second kappa shape index (κ2) is 8.75. The molecule has 0 bridgehead atoms. The SMILES string of the molecule is O=S(=O)(N(CCC1(c2ccccc2)OCCO1)S(=O)(=O)C(F)(F)C(F)(F)F)C(F)(F)C(F)(F)F. The van der Waals surface area contributed by atoms with Gasteiger partial charge in [0, 0.05) is 18.5 Å². The molecule has 1 heterocycles. The van der Waals surface area contributed by atoms with Gasteiger partial charge in [0.25, 0.3) is 0 Å². The summed E-state index contributed by atoms with van der Waals surface area (Å²) >= 11 is 0. The van der Waals surface area contributed by atoms with Crippen molar-refractivity contribution in [3.8, 4) is 0 Å². The lowest BCUT2D eigenvalue weighted by molar-refractivity contribution is -0.244. The zero-order valence-corrected chi connectivity index (χ0v) is 17.8. The number of alkyl halides is 10. The van der Waals surface area contributed by atoms with Gasteiger partial charge in [0.1, 0.15) is 0 Å². The van der Waals surface area contributed by atoms with Crippen molar-refractivity contribution in [3.63, 3.8) is 0 Å². The molecule has 0 radical (unpaired) electrons. The van der Waals surface area contributed by atoms with Crippen LogP contribution in [0.2, 0.25) is 0 Å². The number of halogens is 10. The molecule has 1 aromatic rings. The fourth-order valence-electron chi connectivity index (χ4n) is 2.76. The highest BCUT2D eigenvalue weighted by Crippen LogP contribution is 2.48. The van der Waals surface area contributed by atoms with Crippen molar-refractivity contribution in [3.05, 3.63) is 35.9 Å². The molecule has 7 nitrogen and oxygen atoms in total. The van der Waals surface area contributed by atoms with Crippen LogP contribution in [0.5, 0.6) is 0 Å². The highest BCUT2D eigenvalue weighted by molar-refractivity contribution is 8.05. The Balaban J connectivity index is 2.66. The van der Waals surface area contributed by atoms with Crippen LogP contribution >= 0.6 is 0 Å². The van der Waals surface area contributed by atoms with Crippen LogP contribution in [0.3, 0.4) is 0 Å². The second-order valence-electron chi connectivity index (χ2n) is 6.60. The Morgan fingerprint density at radius 2 is 1.12 bits per heavy atom. The first-order chi connectivity index (χ1) is 15.2. The standard InChI is InChI=1S/C15H13F10NO6S2/c16-12(17,18)14(22,23)33(27,28)26(34(29,30)15(24,25)13(19,20)21)7-6-11(31-8-9-32-11)10-4-2-1-3-5-10/h1-5H,6-9H2. The van der Waals surface area contributed by atoms with Crippen LogP contribution in [-0.2, 0) is 35.3 Å². The largest absolute Gasteiger partial charge is 0.471 e. The smallest absolute Gasteiger partial charge is 0.343 e.